The van der Waals surface area contributed by atoms with Crippen LogP contribution in [0.1, 0.15) is 72.7 Å². The van der Waals surface area contributed by atoms with Crippen LogP contribution in [-0.2, 0) is 12.0 Å². The summed E-state index contributed by atoms with van der Waals surface area (Å²) in [6.07, 6.45) is 3.06. The van der Waals surface area contributed by atoms with E-state index >= 15 is 0 Å². The van der Waals surface area contributed by atoms with Gasteiger partial charge in [0.05, 0.1) is 28.5 Å². The van der Waals surface area contributed by atoms with Gasteiger partial charge in [-0.3, -0.25) is 9.59 Å². The first-order valence-electron chi connectivity index (χ1n) is 13.6. The third kappa shape index (κ3) is 6.51. The van der Waals surface area contributed by atoms with Gasteiger partial charge in [-0.2, -0.15) is 4.98 Å². The van der Waals surface area contributed by atoms with Crippen molar-refractivity contribution in [3.63, 3.8) is 0 Å². The second kappa shape index (κ2) is 11.5. The van der Waals surface area contributed by atoms with Crippen LogP contribution < -0.4 is 10.9 Å². The molecule has 1 N–H and O–H groups in total. The smallest absolute Gasteiger partial charge is 0.257 e. The van der Waals surface area contributed by atoms with Gasteiger partial charge in [-0.1, -0.05) is 55.7 Å². The van der Waals surface area contributed by atoms with E-state index in [1.165, 1.54) is 22.8 Å². The van der Waals surface area contributed by atoms with Gasteiger partial charge in [-0.25, -0.2) is 4.39 Å². The number of likely N-dealkylation sites (tertiary alicyclic amines) is 1. The molecule has 0 atom stereocenters. The second-order valence-corrected chi connectivity index (χ2v) is 12.0. The molecule has 0 bridgehead atoms. The number of amides is 1. The Morgan fingerprint density at radius 2 is 1.80 bits per heavy atom. The van der Waals surface area contributed by atoms with Gasteiger partial charge in [0.15, 0.2) is 5.82 Å². The summed E-state index contributed by atoms with van der Waals surface area (Å²) in [5.74, 6) is 0.588. The molecule has 8 nitrogen and oxygen atoms in total. The molecule has 1 amide bonds. The van der Waals surface area contributed by atoms with Gasteiger partial charge in [-0.05, 0) is 61.1 Å². The van der Waals surface area contributed by atoms with Crippen LogP contribution in [-0.4, -0.2) is 38.6 Å². The van der Waals surface area contributed by atoms with E-state index in [2.05, 4.69) is 15.5 Å². The first kappa shape index (κ1) is 28.5. The number of pyridine rings is 1. The van der Waals surface area contributed by atoms with Crippen molar-refractivity contribution in [2.45, 2.75) is 58.4 Å². The topological polar surface area (TPSA) is 93.3 Å². The summed E-state index contributed by atoms with van der Waals surface area (Å²) in [7, 11) is 0. The second-order valence-electron chi connectivity index (χ2n) is 11.6. The Kier molecular flexibility index (Phi) is 8.00. The Morgan fingerprint density at radius 3 is 2.46 bits per heavy atom. The number of rotatable bonds is 6. The van der Waals surface area contributed by atoms with E-state index < -0.39 is 0 Å². The van der Waals surface area contributed by atoms with Crippen molar-refractivity contribution >= 4 is 28.9 Å². The van der Waals surface area contributed by atoms with Crippen molar-refractivity contribution < 1.29 is 13.7 Å². The molecule has 0 unspecified atom stereocenters. The number of piperidine rings is 1. The average Bonchev–Trinajstić information content (AvgIpc) is 3.42. The number of carbonyl (C=O) groups excluding carboxylic acids is 1. The number of nitrogens with one attached hydrogen (secondary N) is 1. The third-order valence-electron chi connectivity index (χ3n) is 7.29. The van der Waals surface area contributed by atoms with Crippen LogP contribution in [0.5, 0.6) is 0 Å². The Labute approximate surface area is 243 Å². The highest BCUT2D eigenvalue weighted by Crippen LogP contribution is 2.31. The fraction of sp³-hybridized carbons (Fsp3) is 0.355. The van der Waals surface area contributed by atoms with E-state index in [4.69, 9.17) is 16.1 Å². The molecule has 3 heterocycles. The molecule has 0 radical (unpaired) electrons. The first-order valence-corrected chi connectivity index (χ1v) is 14.0. The van der Waals surface area contributed by atoms with Gasteiger partial charge in [0.2, 0.25) is 5.89 Å². The largest absolute Gasteiger partial charge is 0.353 e. The maximum Gasteiger partial charge on any atom is 0.257 e. The van der Waals surface area contributed by atoms with E-state index in [0.717, 1.165) is 24.0 Å². The van der Waals surface area contributed by atoms with Gasteiger partial charge >= 0.3 is 0 Å². The quantitative estimate of drug-likeness (QED) is 0.283. The monoisotopic (exact) mass is 577 g/mol. The number of carbonyl (C=O) groups is 1. The lowest BCUT2D eigenvalue weighted by atomic mass is 9.89. The highest BCUT2D eigenvalue weighted by Gasteiger charge is 2.28. The molecule has 10 heteroatoms. The highest BCUT2D eigenvalue weighted by atomic mass is 35.5. The maximum atomic E-state index is 13.9. The molecule has 0 saturated carbocycles. The Balaban J connectivity index is 1.44. The predicted octanol–water partition coefficient (Wildman–Crippen LogP) is 6.44. The number of benzene rings is 2. The van der Waals surface area contributed by atoms with Crippen molar-refractivity contribution in [2.75, 3.05) is 18.4 Å². The van der Waals surface area contributed by atoms with Crippen molar-refractivity contribution in [3.05, 3.63) is 104 Å². The Bertz CT molecular complexity index is 1620. The highest BCUT2D eigenvalue weighted by molar-refractivity contribution is 6.33. The molecule has 5 rings (SSSR count). The molecule has 1 saturated heterocycles. The molecule has 0 aliphatic carbocycles. The number of nitrogens with zero attached hydrogens (tertiary/aromatic N) is 4. The minimum atomic E-state index is -0.335. The van der Waals surface area contributed by atoms with Crippen LogP contribution in [0.2, 0.25) is 5.02 Å². The third-order valence-corrected chi connectivity index (χ3v) is 7.62. The van der Waals surface area contributed by atoms with E-state index in [-0.39, 0.29) is 35.2 Å². The Morgan fingerprint density at radius 1 is 1.10 bits per heavy atom. The standard InChI is InChI=1S/C31H33ClFN5O3/c1-19-5-10-24(32)26(15-19)34-25-16-28(39)38(18-27-35-30(41-36-27)31(2,3)4)17-23(25)29(40)37-13-11-21(12-14-37)20-6-8-22(33)9-7-20/h5-10,15-17,21,34H,11-14,18H2,1-4H3. The average molecular weight is 578 g/mol. The summed E-state index contributed by atoms with van der Waals surface area (Å²) in [6.45, 7) is 8.94. The molecule has 0 spiro atoms. The van der Waals surface area contributed by atoms with Gasteiger partial charge in [0.25, 0.3) is 11.5 Å². The van der Waals surface area contributed by atoms with Gasteiger partial charge in [0, 0.05) is 30.8 Å². The molecule has 41 heavy (non-hydrogen) atoms. The van der Waals surface area contributed by atoms with Crippen molar-refractivity contribution in [1.82, 2.24) is 19.6 Å². The van der Waals surface area contributed by atoms with Gasteiger partial charge in [0.1, 0.15) is 5.82 Å². The van der Waals surface area contributed by atoms with Crippen LogP contribution >= 0.6 is 11.6 Å². The van der Waals surface area contributed by atoms with Crippen LogP contribution in [0, 0.1) is 12.7 Å². The van der Waals surface area contributed by atoms with Crippen LogP contribution in [0.25, 0.3) is 0 Å². The predicted molar refractivity (Wildman–Crippen MR) is 157 cm³/mol. The summed E-state index contributed by atoms with van der Waals surface area (Å²) >= 11 is 6.44. The van der Waals surface area contributed by atoms with E-state index in [0.29, 0.717) is 46.8 Å². The van der Waals surface area contributed by atoms with Crippen molar-refractivity contribution in [2.24, 2.45) is 0 Å². The van der Waals surface area contributed by atoms with Crippen molar-refractivity contribution in [1.29, 1.82) is 0 Å². The normalized spacial score (nSPS) is 14.3. The molecule has 1 fully saturated rings. The van der Waals surface area contributed by atoms with Crippen LogP contribution in [0.4, 0.5) is 15.8 Å². The number of hydrogen-bond acceptors (Lipinski definition) is 6. The molecule has 1 aliphatic rings. The number of anilines is 2. The maximum absolute atomic E-state index is 13.9. The minimum Gasteiger partial charge on any atom is -0.353 e. The molecule has 2 aromatic heterocycles. The van der Waals surface area contributed by atoms with Gasteiger partial charge in [-0.15, -0.1) is 0 Å². The van der Waals surface area contributed by atoms with E-state index in [1.807, 2.05) is 52.0 Å². The SMILES string of the molecule is Cc1ccc(Cl)c(Nc2cc(=O)n(Cc3noc(C(C)(C)C)n3)cc2C(=O)N2CCC(c3ccc(F)cc3)CC2)c1. The number of aromatic nitrogens is 3. The lowest BCUT2D eigenvalue weighted by molar-refractivity contribution is 0.0713. The number of aryl methyl sites for hydroxylation is 1. The summed E-state index contributed by atoms with van der Waals surface area (Å²) in [5, 5.41) is 7.73. The lowest BCUT2D eigenvalue weighted by Crippen LogP contribution is -2.39. The zero-order valence-corrected chi connectivity index (χ0v) is 24.3. The summed E-state index contributed by atoms with van der Waals surface area (Å²) in [6, 6.07) is 13.5. The Hall–Kier alpha value is -3.98. The van der Waals surface area contributed by atoms with Crippen molar-refractivity contribution in [3.8, 4) is 0 Å². The number of hydrogen-bond donors (Lipinski definition) is 1. The fourth-order valence-electron chi connectivity index (χ4n) is 4.95. The van der Waals surface area contributed by atoms with E-state index in [9.17, 15) is 14.0 Å². The zero-order chi connectivity index (χ0) is 29.3. The van der Waals surface area contributed by atoms with Crippen LogP contribution in [0.15, 0.2) is 64.0 Å². The summed E-state index contributed by atoms with van der Waals surface area (Å²) in [5.41, 5.74) is 2.68. The molecule has 1 aliphatic heterocycles. The molecular formula is C31H33ClFN5O3. The summed E-state index contributed by atoms with van der Waals surface area (Å²) in [4.78, 5) is 33.4. The molecular weight excluding hydrogens is 545 g/mol. The minimum absolute atomic E-state index is 0.0524. The zero-order valence-electron chi connectivity index (χ0n) is 23.6. The molecule has 2 aromatic carbocycles. The first-order chi connectivity index (χ1) is 19.5. The van der Waals surface area contributed by atoms with Gasteiger partial charge < -0.3 is 19.3 Å². The van der Waals surface area contributed by atoms with Crippen LogP contribution in [0.3, 0.4) is 0 Å². The molecule has 214 valence electrons. The number of halogens is 2. The fourth-order valence-corrected chi connectivity index (χ4v) is 5.11. The summed E-state index contributed by atoms with van der Waals surface area (Å²) < 4.78 is 20.2. The van der Waals surface area contributed by atoms with E-state index in [1.54, 1.807) is 17.2 Å². The molecule has 4 aromatic rings. The lowest BCUT2D eigenvalue weighted by Gasteiger charge is -2.33.